The predicted octanol–water partition coefficient (Wildman–Crippen LogP) is 10.0. The zero-order valence-corrected chi connectivity index (χ0v) is 36.2. The standard InChI is InChI=1S/C47H51ClN6O7S/c1-47(56)20-17-29(18-21-47)27-50-40-16-14-36(26-42(40)54(57)58)62(59,60)52-46(55)38-15-11-32(25-43(38)61-35-24-33-19-22-49-45(33)51-28-35)30-9-12-34(13-10-30)53-23-3-6-41(53)37-4-2-5-39(48)44(37)31-7-8-31/h2,4-5,9,11,14-16,19,22,24-26,28-29,31,34,41,50,56H,3,6-8,10,12-13,17-18,20-21,23,27H2,1H3,(H,49,51)(H,52,55). The van der Waals surface area contributed by atoms with Crippen LogP contribution >= 0.6 is 11.6 Å². The van der Waals surface area contributed by atoms with Crippen molar-refractivity contribution in [3.63, 3.8) is 0 Å². The molecular formula is C47H51ClN6O7S. The Kier molecular flexibility index (Phi) is 11.6. The molecule has 2 atom stereocenters. The lowest BCUT2D eigenvalue weighted by molar-refractivity contribution is -0.384. The number of allylic oxidation sites excluding steroid dienone is 1. The quantitative estimate of drug-likeness (QED) is 0.0657. The van der Waals surface area contributed by atoms with E-state index in [1.807, 2.05) is 19.1 Å². The number of fused-ring (bicyclic) bond motifs is 1. The van der Waals surface area contributed by atoms with Gasteiger partial charge in [-0.25, -0.2) is 18.1 Å². The van der Waals surface area contributed by atoms with E-state index in [4.69, 9.17) is 16.3 Å². The van der Waals surface area contributed by atoms with Gasteiger partial charge in [-0.15, -0.1) is 0 Å². The average molecular weight is 879 g/mol. The zero-order chi connectivity index (χ0) is 43.2. The summed E-state index contributed by atoms with van der Waals surface area (Å²) in [7, 11) is -4.57. The molecule has 4 aliphatic rings. The number of nitro benzene ring substituents is 1. The van der Waals surface area contributed by atoms with Crippen molar-refractivity contribution in [2.24, 2.45) is 5.92 Å². The second-order valence-corrected chi connectivity index (χ2v) is 19.8. The minimum absolute atomic E-state index is 0.0343. The van der Waals surface area contributed by atoms with Crippen molar-refractivity contribution in [2.75, 3.05) is 18.4 Å². The number of ether oxygens (including phenoxy) is 1. The van der Waals surface area contributed by atoms with Crippen LogP contribution in [0.5, 0.6) is 11.5 Å². The number of carbonyl (C=O) groups is 1. The Morgan fingerprint density at radius 2 is 1.89 bits per heavy atom. The van der Waals surface area contributed by atoms with Crippen LogP contribution in [0.2, 0.25) is 5.02 Å². The number of aromatic nitrogens is 2. The monoisotopic (exact) mass is 878 g/mol. The number of pyridine rings is 1. The van der Waals surface area contributed by atoms with Crippen molar-refractivity contribution in [3.8, 4) is 11.5 Å². The van der Waals surface area contributed by atoms with Crippen LogP contribution in [0.3, 0.4) is 0 Å². The van der Waals surface area contributed by atoms with Crippen molar-refractivity contribution >= 4 is 55.5 Å². The molecule has 3 aliphatic carbocycles. The van der Waals surface area contributed by atoms with Crippen LogP contribution in [0.1, 0.15) is 117 Å². The smallest absolute Gasteiger partial charge is 0.293 e. The van der Waals surface area contributed by atoms with E-state index < -0.39 is 37.0 Å². The number of nitro groups is 1. The summed E-state index contributed by atoms with van der Waals surface area (Å²) in [5.41, 5.74) is 4.34. The largest absolute Gasteiger partial charge is 0.455 e. The molecule has 62 heavy (non-hydrogen) atoms. The number of sulfonamides is 1. The lowest BCUT2D eigenvalue weighted by atomic mass is 9.80. The summed E-state index contributed by atoms with van der Waals surface area (Å²) in [5.74, 6) is 0.306. The van der Waals surface area contributed by atoms with Gasteiger partial charge in [-0.1, -0.05) is 35.9 Å². The second kappa shape index (κ2) is 17.1. The van der Waals surface area contributed by atoms with Gasteiger partial charge in [0.2, 0.25) is 0 Å². The van der Waals surface area contributed by atoms with Crippen molar-refractivity contribution in [1.82, 2.24) is 19.6 Å². The minimum atomic E-state index is -4.57. The first-order valence-corrected chi connectivity index (χ1v) is 23.5. The van der Waals surface area contributed by atoms with Gasteiger partial charge in [-0.3, -0.25) is 19.8 Å². The number of aliphatic hydroxyl groups is 1. The Balaban J connectivity index is 0.944. The van der Waals surface area contributed by atoms with Crippen LogP contribution in [0.25, 0.3) is 16.6 Å². The lowest BCUT2D eigenvalue weighted by Crippen LogP contribution is -2.36. The molecule has 0 spiro atoms. The normalized spacial score (nSPS) is 23.2. The molecule has 3 aromatic carbocycles. The molecule has 2 aromatic heterocycles. The maximum absolute atomic E-state index is 14.0. The third-order valence-corrected chi connectivity index (χ3v) is 14.9. The van der Waals surface area contributed by atoms with Crippen molar-refractivity contribution < 1.29 is 28.0 Å². The minimum Gasteiger partial charge on any atom is -0.455 e. The summed E-state index contributed by atoms with van der Waals surface area (Å²) >= 11 is 6.77. The molecular weight excluding hydrogens is 828 g/mol. The van der Waals surface area contributed by atoms with Gasteiger partial charge in [0.1, 0.15) is 22.8 Å². The topological polar surface area (TPSA) is 180 Å². The summed E-state index contributed by atoms with van der Waals surface area (Å²) in [4.78, 5) is 35.2. The number of H-pyrrole nitrogens is 1. The highest BCUT2D eigenvalue weighted by molar-refractivity contribution is 7.90. The molecule has 0 bridgehead atoms. The SMILES string of the molecule is CC1(O)CCC(CNc2ccc(S(=O)(=O)NC(=O)c3ccc(C4=CCC(N5CCCC5c5cccc(Cl)c5C5CC5)CC4)cc3Oc3cnc4[nH]ccc4c3)cc2[N+](=O)[O-])CC1. The van der Waals surface area contributed by atoms with E-state index in [1.54, 1.807) is 30.5 Å². The first kappa shape index (κ1) is 42.0. The fourth-order valence-corrected chi connectivity index (χ4v) is 11.0. The molecule has 9 rings (SSSR count). The Hall–Kier alpha value is -5.28. The first-order valence-electron chi connectivity index (χ1n) is 21.6. The van der Waals surface area contributed by atoms with E-state index >= 15 is 0 Å². The number of rotatable bonds is 13. The molecule has 324 valence electrons. The van der Waals surface area contributed by atoms with Gasteiger partial charge < -0.3 is 20.1 Å². The van der Waals surface area contributed by atoms with E-state index in [1.165, 1.54) is 42.3 Å². The molecule has 0 radical (unpaired) electrons. The van der Waals surface area contributed by atoms with Gasteiger partial charge in [0.25, 0.3) is 21.6 Å². The number of amides is 1. The molecule has 5 aromatic rings. The first-order chi connectivity index (χ1) is 29.8. The van der Waals surface area contributed by atoms with E-state index in [0.29, 0.717) is 48.8 Å². The van der Waals surface area contributed by atoms with Gasteiger partial charge in [0, 0.05) is 41.3 Å². The Labute approximate surface area is 366 Å². The number of nitrogens with one attached hydrogen (secondary N) is 3. The van der Waals surface area contributed by atoms with Gasteiger partial charge in [-0.05, 0) is 161 Å². The molecule has 1 saturated heterocycles. The number of hydrogen-bond acceptors (Lipinski definition) is 10. The summed E-state index contributed by atoms with van der Waals surface area (Å²) in [5, 5.41) is 27.2. The van der Waals surface area contributed by atoms with E-state index in [9.17, 15) is 28.4 Å². The fraction of sp³-hybridized carbons (Fsp3) is 0.404. The number of anilines is 1. The fourth-order valence-electron chi connectivity index (χ4n) is 9.66. The molecule has 3 fully saturated rings. The van der Waals surface area contributed by atoms with E-state index in [-0.39, 0.29) is 22.9 Å². The van der Waals surface area contributed by atoms with Crippen LogP contribution in [0, 0.1) is 16.0 Å². The molecule has 13 nitrogen and oxygen atoms in total. The van der Waals surface area contributed by atoms with Gasteiger partial charge in [0.05, 0.1) is 27.2 Å². The van der Waals surface area contributed by atoms with Crippen LogP contribution in [-0.2, 0) is 10.0 Å². The number of benzene rings is 3. The lowest BCUT2D eigenvalue weighted by Gasteiger charge is -2.36. The van der Waals surface area contributed by atoms with Crippen LogP contribution in [0.4, 0.5) is 11.4 Å². The van der Waals surface area contributed by atoms with E-state index in [0.717, 1.165) is 79.1 Å². The summed E-state index contributed by atoms with van der Waals surface area (Å²) < 4.78 is 35.9. The summed E-state index contributed by atoms with van der Waals surface area (Å²) in [6.45, 7) is 3.29. The van der Waals surface area contributed by atoms with Gasteiger partial charge >= 0.3 is 0 Å². The van der Waals surface area contributed by atoms with E-state index in [2.05, 4.69) is 43.1 Å². The number of aromatic amines is 1. The molecule has 3 heterocycles. The summed E-state index contributed by atoms with van der Waals surface area (Å²) in [6.07, 6.45) is 15.6. The van der Waals surface area contributed by atoms with Crippen molar-refractivity contribution in [2.45, 2.75) is 106 Å². The number of halogens is 1. The molecule has 1 aliphatic heterocycles. The molecule has 2 saturated carbocycles. The summed E-state index contributed by atoms with van der Waals surface area (Å²) in [6, 6.07) is 19.4. The third kappa shape index (κ3) is 8.96. The van der Waals surface area contributed by atoms with Crippen LogP contribution in [-0.4, -0.2) is 64.0 Å². The predicted molar refractivity (Wildman–Crippen MR) is 239 cm³/mol. The number of nitrogens with zero attached hydrogens (tertiary/aromatic N) is 3. The van der Waals surface area contributed by atoms with Gasteiger partial charge in [-0.2, -0.15) is 0 Å². The Morgan fingerprint density at radius 1 is 1.06 bits per heavy atom. The third-order valence-electron chi connectivity index (χ3n) is 13.2. The molecule has 4 N–H and O–H groups in total. The maximum Gasteiger partial charge on any atom is 0.293 e. The van der Waals surface area contributed by atoms with Crippen LogP contribution < -0.4 is 14.8 Å². The highest BCUT2D eigenvalue weighted by Gasteiger charge is 2.37. The van der Waals surface area contributed by atoms with Gasteiger partial charge in [0.15, 0.2) is 0 Å². The highest BCUT2D eigenvalue weighted by Crippen LogP contribution is 2.49. The number of carbonyl (C=O) groups excluding carboxylic acids is 1. The second-order valence-electron chi connectivity index (χ2n) is 17.7. The van der Waals surface area contributed by atoms with Crippen molar-refractivity contribution in [1.29, 1.82) is 0 Å². The Bertz CT molecular complexity index is 2670. The molecule has 15 heteroatoms. The zero-order valence-electron chi connectivity index (χ0n) is 34.6. The molecule has 1 amide bonds. The van der Waals surface area contributed by atoms with Crippen molar-refractivity contribution in [3.05, 3.63) is 123 Å². The highest BCUT2D eigenvalue weighted by atomic mass is 35.5. The number of hydrogen-bond donors (Lipinski definition) is 4. The average Bonchev–Trinajstić information content (AvgIpc) is 3.77. The Morgan fingerprint density at radius 3 is 2.65 bits per heavy atom. The number of likely N-dealkylation sites (tertiary alicyclic amines) is 1. The van der Waals surface area contributed by atoms with Crippen LogP contribution in [0.15, 0.2) is 90.1 Å². The molecule has 2 unspecified atom stereocenters. The maximum atomic E-state index is 14.0.